The molecular weight excluding hydrogens is 232 g/mol. The van der Waals surface area contributed by atoms with Gasteiger partial charge in [0.15, 0.2) is 0 Å². The summed E-state index contributed by atoms with van der Waals surface area (Å²) >= 11 is 5.90. The maximum atomic E-state index is 5.90. The zero-order valence-corrected chi connectivity index (χ0v) is 10.3. The normalized spacial score (nSPS) is 10.7. The van der Waals surface area contributed by atoms with Crippen molar-refractivity contribution in [2.24, 2.45) is 5.10 Å². The van der Waals surface area contributed by atoms with Crippen LogP contribution in [0.25, 0.3) is 0 Å². The Morgan fingerprint density at radius 1 is 1.06 bits per heavy atom. The minimum Gasteiger partial charge on any atom is -0.269 e. The Labute approximate surface area is 106 Å². The van der Waals surface area contributed by atoms with Crippen molar-refractivity contribution in [2.75, 3.05) is 12.1 Å². The Morgan fingerprint density at radius 3 is 2.53 bits per heavy atom. The van der Waals surface area contributed by atoms with Gasteiger partial charge in [0.25, 0.3) is 0 Å². The van der Waals surface area contributed by atoms with Crippen LogP contribution in [0.1, 0.15) is 5.56 Å². The van der Waals surface area contributed by atoms with Crippen LogP contribution in [0.2, 0.25) is 5.02 Å². The highest BCUT2D eigenvalue weighted by atomic mass is 35.5. The van der Waals surface area contributed by atoms with E-state index in [1.807, 2.05) is 66.7 Å². The minimum absolute atomic E-state index is 0.719. The summed E-state index contributed by atoms with van der Waals surface area (Å²) in [6.07, 6.45) is 1.79. The van der Waals surface area contributed by atoms with Gasteiger partial charge in [0, 0.05) is 12.1 Å². The van der Waals surface area contributed by atoms with Crippen LogP contribution in [0, 0.1) is 0 Å². The number of halogens is 1. The smallest absolute Gasteiger partial charge is 0.0590 e. The van der Waals surface area contributed by atoms with Crippen LogP contribution in [0.4, 0.5) is 5.69 Å². The van der Waals surface area contributed by atoms with Crippen molar-refractivity contribution in [3.8, 4) is 0 Å². The van der Waals surface area contributed by atoms with Gasteiger partial charge in [-0.25, -0.2) is 0 Å². The Morgan fingerprint density at radius 2 is 1.82 bits per heavy atom. The SMILES string of the molecule is CN(N=Cc1cccc(Cl)c1)c1ccccc1. The second kappa shape index (κ2) is 5.51. The first-order valence-electron chi connectivity index (χ1n) is 5.34. The van der Waals surface area contributed by atoms with Crippen LogP contribution >= 0.6 is 11.6 Å². The topological polar surface area (TPSA) is 15.6 Å². The van der Waals surface area contributed by atoms with Crippen molar-refractivity contribution >= 4 is 23.5 Å². The highest BCUT2D eigenvalue weighted by molar-refractivity contribution is 6.30. The summed E-state index contributed by atoms with van der Waals surface area (Å²) in [6.45, 7) is 0. The molecule has 2 aromatic carbocycles. The fourth-order valence-electron chi connectivity index (χ4n) is 1.45. The van der Waals surface area contributed by atoms with Gasteiger partial charge in [0.2, 0.25) is 0 Å². The monoisotopic (exact) mass is 244 g/mol. The Kier molecular flexibility index (Phi) is 3.78. The summed E-state index contributed by atoms with van der Waals surface area (Å²) in [5.74, 6) is 0. The van der Waals surface area contributed by atoms with Crippen molar-refractivity contribution in [3.63, 3.8) is 0 Å². The van der Waals surface area contributed by atoms with Gasteiger partial charge in [-0.3, -0.25) is 5.01 Å². The Hall–Kier alpha value is -1.80. The molecule has 0 spiro atoms. The molecule has 17 heavy (non-hydrogen) atoms. The van der Waals surface area contributed by atoms with Crippen LogP contribution in [0.15, 0.2) is 59.7 Å². The van der Waals surface area contributed by atoms with Crippen molar-refractivity contribution in [1.82, 2.24) is 0 Å². The second-order valence-electron chi connectivity index (χ2n) is 3.66. The van der Waals surface area contributed by atoms with Gasteiger partial charge in [-0.15, -0.1) is 0 Å². The third-order valence-corrected chi connectivity index (χ3v) is 2.59. The maximum absolute atomic E-state index is 5.90. The first-order valence-corrected chi connectivity index (χ1v) is 5.72. The summed E-state index contributed by atoms with van der Waals surface area (Å²) in [6, 6.07) is 17.6. The van der Waals surface area contributed by atoms with E-state index in [4.69, 9.17) is 11.6 Å². The molecule has 2 rings (SSSR count). The van der Waals surface area contributed by atoms with Gasteiger partial charge < -0.3 is 0 Å². The lowest BCUT2D eigenvalue weighted by Crippen LogP contribution is -2.08. The lowest BCUT2D eigenvalue weighted by atomic mass is 10.2. The molecule has 0 heterocycles. The fourth-order valence-corrected chi connectivity index (χ4v) is 1.65. The molecule has 0 radical (unpaired) electrons. The Bertz CT molecular complexity index is 509. The number of nitrogens with zero attached hydrogens (tertiary/aromatic N) is 2. The van der Waals surface area contributed by atoms with E-state index in [0.29, 0.717) is 0 Å². The van der Waals surface area contributed by atoms with Crippen molar-refractivity contribution < 1.29 is 0 Å². The number of hydrogen-bond donors (Lipinski definition) is 0. The quantitative estimate of drug-likeness (QED) is 0.592. The lowest BCUT2D eigenvalue weighted by Gasteiger charge is -2.11. The van der Waals surface area contributed by atoms with Gasteiger partial charge in [-0.2, -0.15) is 5.10 Å². The van der Waals surface area contributed by atoms with Gasteiger partial charge in [-0.05, 0) is 29.8 Å². The molecule has 0 fully saturated rings. The molecule has 0 bridgehead atoms. The number of rotatable bonds is 3. The van der Waals surface area contributed by atoms with Gasteiger partial charge >= 0.3 is 0 Å². The number of hydrazone groups is 1. The highest BCUT2D eigenvalue weighted by Crippen LogP contribution is 2.12. The standard InChI is InChI=1S/C14H13ClN2/c1-17(14-8-3-2-4-9-14)16-11-12-6-5-7-13(15)10-12/h2-11H,1H3. The summed E-state index contributed by atoms with van der Waals surface area (Å²) < 4.78 is 0. The van der Waals surface area contributed by atoms with Crippen LogP contribution in [0.5, 0.6) is 0 Å². The molecule has 0 aromatic heterocycles. The first-order chi connectivity index (χ1) is 8.25. The largest absolute Gasteiger partial charge is 0.269 e. The molecule has 0 amide bonds. The predicted octanol–water partition coefficient (Wildman–Crippen LogP) is 3.81. The van der Waals surface area contributed by atoms with Gasteiger partial charge in [0.05, 0.1) is 11.9 Å². The van der Waals surface area contributed by atoms with Crippen LogP contribution in [-0.4, -0.2) is 13.3 Å². The van der Waals surface area contributed by atoms with E-state index in [1.165, 1.54) is 0 Å². The summed E-state index contributed by atoms with van der Waals surface area (Å²) in [4.78, 5) is 0. The van der Waals surface area contributed by atoms with E-state index in [2.05, 4.69) is 5.10 Å². The summed E-state index contributed by atoms with van der Waals surface area (Å²) in [5, 5.41) is 6.89. The number of benzene rings is 2. The lowest BCUT2D eigenvalue weighted by molar-refractivity contribution is 1.02. The second-order valence-corrected chi connectivity index (χ2v) is 4.10. The number of para-hydroxylation sites is 1. The van der Waals surface area contributed by atoms with Crippen LogP contribution in [0.3, 0.4) is 0 Å². The van der Waals surface area contributed by atoms with Crippen molar-refractivity contribution in [3.05, 3.63) is 65.2 Å². The first kappa shape index (κ1) is 11.7. The summed E-state index contributed by atoms with van der Waals surface area (Å²) in [7, 11) is 1.91. The zero-order chi connectivity index (χ0) is 12.1. The zero-order valence-electron chi connectivity index (χ0n) is 9.55. The number of anilines is 1. The van der Waals surface area contributed by atoms with Gasteiger partial charge in [0.1, 0.15) is 0 Å². The molecule has 2 nitrogen and oxygen atoms in total. The molecule has 0 unspecified atom stereocenters. The molecule has 0 N–H and O–H groups in total. The molecule has 86 valence electrons. The van der Waals surface area contributed by atoms with Crippen LogP contribution in [-0.2, 0) is 0 Å². The van der Waals surface area contributed by atoms with E-state index in [9.17, 15) is 0 Å². The van der Waals surface area contributed by atoms with E-state index < -0.39 is 0 Å². The number of hydrogen-bond acceptors (Lipinski definition) is 2. The molecule has 0 aliphatic heterocycles. The van der Waals surface area contributed by atoms with Crippen molar-refractivity contribution in [1.29, 1.82) is 0 Å². The van der Waals surface area contributed by atoms with Crippen molar-refractivity contribution in [2.45, 2.75) is 0 Å². The van der Waals surface area contributed by atoms with E-state index in [0.717, 1.165) is 16.3 Å². The average molecular weight is 245 g/mol. The van der Waals surface area contributed by atoms with E-state index in [1.54, 1.807) is 6.21 Å². The molecule has 0 aliphatic rings. The Balaban J connectivity index is 2.11. The van der Waals surface area contributed by atoms with E-state index in [-0.39, 0.29) is 0 Å². The molecule has 2 aromatic rings. The third-order valence-electron chi connectivity index (χ3n) is 2.36. The molecule has 0 aliphatic carbocycles. The highest BCUT2D eigenvalue weighted by Gasteiger charge is 1.95. The van der Waals surface area contributed by atoms with E-state index >= 15 is 0 Å². The fraction of sp³-hybridized carbons (Fsp3) is 0.0714. The van der Waals surface area contributed by atoms with Crippen LogP contribution < -0.4 is 5.01 Å². The molecular formula is C14H13ClN2. The summed E-state index contributed by atoms with van der Waals surface area (Å²) in [5.41, 5.74) is 2.03. The molecule has 0 saturated heterocycles. The maximum Gasteiger partial charge on any atom is 0.0590 e. The molecule has 0 atom stereocenters. The minimum atomic E-state index is 0.719. The average Bonchev–Trinajstić information content (AvgIpc) is 2.37. The molecule has 0 saturated carbocycles. The van der Waals surface area contributed by atoms with Gasteiger partial charge in [-0.1, -0.05) is 41.9 Å². The predicted molar refractivity (Wildman–Crippen MR) is 73.9 cm³/mol. The molecule has 3 heteroatoms. The third kappa shape index (κ3) is 3.33.